The Bertz CT molecular complexity index is 1300. The van der Waals surface area contributed by atoms with Gasteiger partial charge in [-0.2, -0.15) is 0 Å². The molecule has 2 atom stereocenters. The molecule has 0 spiro atoms. The van der Waals surface area contributed by atoms with Gasteiger partial charge in [0.15, 0.2) is 6.10 Å². The van der Waals surface area contributed by atoms with Crippen molar-refractivity contribution in [3.05, 3.63) is 36.5 Å². The summed E-state index contributed by atoms with van der Waals surface area (Å²) < 4.78 is 34.6. The van der Waals surface area contributed by atoms with Crippen molar-refractivity contribution in [3.63, 3.8) is 0 Å². The van der Waals surface area contributed by atoms with E-state index in [9.17, 15) is 19.0 Å². The van der Waals surface area contributed by atoms with E-state index in [1.165, 1.54) is 212 Å². The van der Waals surface area contributed by atoms with Crippen molar-refractivity contribution >= 4 is 19.8 Å². The minimum atomic E-state index is -4.38. The van der Waals surface area contributed by atoms with Gasteiger partial charge >= 0.3 is 19.8 Å². The molecular formula is C61H117NO8P+. The van der Waals surface area contributed by atoms with Gasteiger partial charge in [-0.3, -0.25) is 18.6 Å². The lowest BCUT2D eigenvalue weighted by atomic mass is 10.0. The van der Waals surface area contributed by atoms with Gasteiger partial charge in [0.05, 0.1) is 27.7 Å². The highest BCUT2D eigenvalue weighted by molar-refractivity contribution is 7.47. The molecule has 2 unspecified atom stereocenters. The molecule has 0 aliphatic rings. The van der Waals surface area contributed by atoms with E-state index in [2.05, 4.69) is 50.3 Å². The predicted molar refractivity (Wildman–Crippen MR) is 303 cm³/mol. The molecule has 0 aliphatic heterocycles. The molecule has 0 bridgehead atoms. The summed E-state index contributed by atoms with van der Waals surface area (Å²) >= 11 is 0. The van der Waals surface area contributed by atoms with Gasteiger partial charge in [-0.25, -0.2) is 4.57 Å². The summed E-state index contributed by atoms with van der Waals surface area (Å²) in [7, 11) is 1.49. The molecule has 10 heteroatoms. The first-order valence-corrected chi connectivity index (χ1v) is 31.7. The topological polar surface area (TPSA) is 108 Å². The summed E-state index contributed by atoms with van der Waals surface area (Å²) in [5.74, 6) is -0.782. The quantitative estimate of drug-likeness (QED) is 0.0211. The van der Waals surface area contributed by atoms with Gasteiger partial charge in [0.1, 0.15) is 19.8 Å². The molecule has 0 aliphatic carbocycles. The van der Waals surface area contributed by atoms with Gasteiger partial charge in [-0.15, -0.1) is 0 Å². The summed E-state index contributed by atoms with van der Waals surface area (Å²) in [4.78, 5) is 35.7. The number of unbranched alkanes of at least 4 members (excludes halogenated alkanes) is 36. The average molecular weight is 1020 g/mol. The first-order valence-electron chi connectivity index (χ1n) is 30.2. The van der Waals surface area contributed by atoms with E-state index in [0.717, 1.165) is 44.9 Å². The van der Waals surface area contributed by atoms with E-state index in [1.807, 2.05) is 21.1 Å². The maximum absolute atomic E-state index is 12.8. The van der Waals surface area contributed by atoms with E-state index in [0.29, 0.717) is 23.9 Å². The van der Waals surface area contributed by atoms with Gasteiger partial charge in [0.2, 0.25) is 0 Å². The van der Waals surface area contributed by atoms with Crippen LogP contribution in [0.15, 0.2) is 36.5 Å². The molecule has 0 aromatic heterocycles. The Balaban J connectivity index is 4.05. The third-order valence-electron chi connectivity index (χ3n) is 13.4. The monoisotopic (exact) mass is 1020 g/mol. The lowest BCUT2D eigenvalue weighted by molar-refractivity contribution is -0.870. The van der Waals surface area contributed by atoms with Crippen LogP contribution in [0.2, 0.25) is 0 Å². The number of hydrogen-bond acceptors (Lipinski definition) is 7. The fourth-order valence-electron chi connectivity index (χ4n) is 8.73. The molecule has 0 radical (unpaired) electrons. The molecule has 9 nitrogen and oxygen atoms in total. The molecule has 0 amide bonds. The third kappa shape index (κ3) is 57.4. The van der Waals surface area contributed by atoms with Crippen LogP contribution >= 0.6 is 7.82 Å². The van der Waals surface area contributed by atoms with Crippen LogP contribution in [0.25, 0.3) is 0 Å². The van der Waals surface area contributed by atoms with Crippen molar-refractivity contribution in [1.82, 2.24) is 0 Å². The van der Waals surface area contributed by atoms with Crippen molar-refractivity contribution in [3.8, 4) is 0 Å². The first-order chi connectivity index (χ1) is 34.5. The Kier molecular flexibility index (Phi) is 51.7. The molecule has 71 heavy (non-hydrogen) atoms. The fourth-order valence-corrected chi connectivity index (χ4v) is 9.47. The SMILES string of the molecule is CCCCCCC/C=C\C/C=C\C/C=C\CCCCCCCCCCCCCCCCCCC(=O)OC(COC(=O)CCCCCCCCCCCCCCCCCC)COP(=O)(O)OCC[N+](C)(C)C. The number of phosphoric acid groups is 1. The minimum absolute atomic E-state index is 0.0341. The molecule has 0 rings (SSSR count). The molecule has 0 aromatic rings. The summed E-state index contributed by atoms with van der Waals surface area (Å²) in [5, 5.41) is 0. The molecule has 0 saturated heterocycles. The lowest BCUT2D eigenvalue weighted by Gasteiger charge is -2.24. The predicted octanol–water partition coefficient (Wildman–Crippen LogP) is 18.8. The first kappa shape index (κ1) is 69.2. The standard InChI is InChI=1S/C61H116NO8P/c1-6-8-10-12-14-16-18-20-22-24-25-26-27-28-29-30-31-32-33-34-35-36-37-38-40-42-44-46-48-50-52-54-61(64)70-59(58-69-71(65,66)68-56-55-62(3,4)5)57-67-60(63)53-51-49-47-45-43-41-39-23-21-19-17-15-13-11-9-7-2/h18,20,24-25,27-28,59H,6-17,19,21-23,26,29-58H2,1-5H3/p+1/b20-18-,25-24-,28-27-. The normalized spacial score (nSPS) is 13.5. The van der Waals surface area contributed by atoms with Gasteiger partial charge in [-0.1, -0.05) is 262 Å². The number of allylic oxidation sites excluding steroid dienone is 6. The largest absolute Gasteiger partial charge is 0.472 e. The molecule has 0 fully saturated rings. The minimum Gasteiger partial charge on any atom is -0.462 e. The van der Waals surface area contributed by atoms with Gasteiger partial charge in [-0.05, 0) is 51.4 Å². The molecule has 0 heterocycles. The van der Waals surface area contributed by atoms with Crippen LogP contribution in [0.1, 0.15) is 290 Å². The maximum atomic E-state index is 12.8. The second-order valence-electron chi connectivity index (χ2n) is 21.7. The molecule has 0 saturated carbocycles. The number of phosphoric ester groups is 1. The second kappa shape index (κ2) is 53.1. The molecule has 1 N–H and O–H groups in total. The van der Waals surface area contributed by atoms with Gasteiger partial charge in [0, 0.05) is 12.8 Å². The number of hydrogen-bond donors (Lipinski definition) is 1. The van der Waals surface area contributed by atoms with E-state index in [4.69, 9.17) is 18.5 Å². The number of rotatable bonds is 56. The maximum Gasteiger partial charge on any atom is 0.472 e. The average Bonchev–Trinajstić information content (AvgIpc) is 3.33. The van der Waals surface area contributed by atoms with Crippen LogP contribution in [-0.2, 0) is 32.7 Å². The van der Waals surface area contributed by atoms with Crippen molar-refractivity contribution in [2.75, 3.05) is 47.5 Å². The van der Waals surface area contributed by atoms with Crippen LogP contribution in [0.5, 0.6) is 0 Å². The number of carbonyl (C=O) groups is 2. The Labute approximate surface area is 440 Å². The number of carbonyl (C=O) groups excluding carboxylic acids is 2. The number of esters is 2. The van der Waals surface area contributed by atoms with Gasteiger partial charge < -0.3 is 18.9 Å². The van der Waals surface area contributed by atoms with Crippen LogP contribution in [0.3, 0.4) is 0 Å². The zero-order chi connectivity index (χ0) is 52.0. The Morgan fingerprint density at radius 1 is 0.437 bits per heavy atom. The summed E-state index contributed by atoms with van der Waals surface area (Å²) in [6.07, 6.45) is 65.0. The number of ether oxygens (including phenoxy) is 2. The summed E-state index contributed by atoms with van der Waals surface area (Å²) in [6.45, 7) is 4.47. The zero-order valence-electron chi connectivity index (χ0n) is 47.5. The summed E-state index contributed by atoms with van der Waals surface area (Å²) in [6, 6.07) is 0. The van der Waals surface area contributed by atoms with Crippen molar-refractivity contribution < 1.29 is 42.1 Å². The highest BCUT2D eigenvalue weighted by Crippen LogP contribution is 2.43. The second-order valence-corrected chi connectivity index (χ2v) is 23.2. The molecular weight excluding hydrogens is 906 g/mol. The van der Waals surface area contributed by atoms with Crippen LogP contribution < -0.4 is 0 Å². The molecule has 418 valence electrons. The number of nitrogens with zero attached hydrogens (tertiary/aromatic N) is 1. The Morgan fingerprint density at radius 3 is 1.13 bits per heavy atom. The Hall–Kier alpha value is -1.77. The number of quaternary nitrogens is 1. The van der Waals surface area contributed by atoms with E-state index < -0.39 is 26.5 Å². The van der Waals surface area contributed by atoms with Crippen molar-refractivity contribution in [2.45, 2.75) is 296 Å². The van der Waals surface area contributed by atoms with Crippen molar-refractivity contribution in [2.24, 2.45) is 0 Å². The highest BCUT2D eigenvalue weighted by Gasteiger charge is 2.27. The summed E-state index contributed by atoms with van der Waals surface area (Å²) in [5.41, 5.74) is 0. The van der Waals surface area contributed by atoms with E-state index in [-0.39, 0.29) is 25.6 Å². The Morgan fingerprint density at radius 2 is 0.761 bits per heavy atom. The van der Waals surface area contributed by atoms with E-state index in [1.54, 1.807) is 0 Å². The van der Waals surface area contributed by atoms with Gasteiger partial charge in [0.25, 0.3) is 0 Å². The molecule has 0 aromatic carbocycles. The zero-order valence-corrected chi connectivity index (χ0v) is 48.4. The lowest BCUT2D eigenvalue weighted by Crippen LogP contribution is -2.37. The number of likely N-dealkylation sites (N-methyl/N-ethyl adjacent to an activating group) is 1. The van der Waals surface area contributed by atoms with E-state index >= 15 is 0 Å². The van der Waals surface area contributed by atoms with Crippen LogP contribution in [0.4, 0.5) is 0 Å². The van der Waals surface area contributed by atoms with Crippen LogP contribution in [-0.4, -0.2) is 74.9 Å². The fraction of sp³-hybridized carbons (Fsp3) is 0.869. The highest BCUT2D eigenvalue weighted by atomic mass is 31.2. The smallest absolute Gasteiger partial charge is 0.462 e. The van der Waals surface area contributed by atoms with Crippen molar-refractivity contribution in [1.29, 1.82) is 0 Å². The third-order valence-corrected chi connectivity index (χ3v) is 14.4. The van der Waals surface area contributed by atoms with Crippen LogP contribution in [0, 0.1) is 0 Å².